The van der Waals surface area contributed by atoms with Gasteiger partial charge in [-0.3, -0.25) is 4.79 Å². The third-order valence-electron chi connectivity index (χ3n) is 3.32. The van der Waals surface area contributed by atoms with Crippen LogP contribution in [0.15, 0.2) is 0 Å². The fraction of sp³-hybridized carbons (Fsp3) is 0.909. The highest BCUT2D eigenvalue weighted by molar-refractivity contribution is 7.99. The molecule has 2 fully saturated rings. The average molecular weight is 228 g/mol. The van der Waals surface area contributed by atoms with Gasteiger partial charge in [0.2, 0.25) is 5.91 Å². The Morgan fingerprint density at radius 3 is 2.67 bits per heavy atom. The summed E-state index contributed by atoms with van der Waals surface area (Å²) in [6, 6.07) is 0. The van der Waals surface area contributed by atoms with Crippen LogP contribution in [0.25, 0.3) is 0 Å². The van der Waals surface area contributed by atoms with E-state index in [-0.39, 0.29) is 0 Å². The van der Waals surface area contributed by atoms with Gasteiger partial charge in [0.25, 0.3) is 0 Å². The number of rotatable bonds is 4. The van der Waals surface area contributed by atoms with Crippen molar-refractivity contribution in [2.24, 2.45) is 11.8 Å². The molecule has 2 rings (SSSR count). The predicted octanol–water partition coefficient (Wildman–Crippen LogP) is 0.807. The molecule has 0 saturated carbocycles. The van der Waals surface area contributed by atoms with Crippen LogP contribution in [0.2, 0.25) is 0 Å². The Morgan fingerprint density at radius 2 is 2.07 bits per heavy atom. The number of carbonyl (C=O) groups excluding carboxylic acids is 1. The summed E-state index contributed by atoms with van der Waals surface area (Å²) >= 11 is 1.77. The number of likely N-dealkylation sites (tertiary alicyclic amines) is 1. The summed E-state index contributed by atoms with van der Waals surface area (Å²) in [5, 5.41) is 3.39. The molecule has 2 saturated heterocycles. The third-order valence-corrected chi connectivity index (χ3v) is 4.46. The zero-order valence-electron chi connectivity index (χ0n) is 9.37. The number of thioether (sulfide) groups is 1. The zero-order valence-corrected chi connectivity index (χ0v) is 10.2. The van der Waals surface area contributed by atoms with Crippen molar-refractivity contribution in [2.75, 3.05) is 37.7 Å². The Hall–Kier alpha value is -0.220. The first kappa shape index (κ1) is 11.3. The molecule has 0 spiro atoms. The molecule has 2 atom stereocenters. The number of hydrogen-bond donors (Lipinski definition) is 1. The molecule has 0 aliphatic carbocycles. The summed E-state index contributed by atoms with van der Waals surface area (Å²) in [5.74, 6) is 3.59. The van der Waals surface area contributed by atoms with Gasteiger partial charge >= 0.3 is 0 Å². The fourth-order valence-corrected chi connectivity index (χ4v) is 3.24. The lowest BCUT2D eigenvalue weighted by Crippen LogP contribution is -2.33. The van der Waals surface area contributed by atoms with Crippen LogP contribution in [0.5, 0.6) is 0 Å². The average Bonchev–Trinajstić information content (AvgIpc) is 2.76. The summed E-state index contributed by atoms with van der Waals surface area (Å²) in [7, 11) is 0. The highest BCUT2D eigenvalue weighted by atomic mass is 32.2. The van der Waals surface area contributed by atoms with Crippen molar-refractivity contribution in [3.63, 3.8) is 0 Å². The largest absolute Gasteiger partial charge is 0.341 e. The topological polar surface area (TPSA) is 32.3 Å². The molecule has 0 aromatic heterocycles. The van der Waals surface area contributed by atoms with E-state index in [0.29, 0.717) is 11.7 Å². The normalized spacial score (nSPS) is 29.5. The Morgan fingerprint density at radius 1 is 1.40 bits per heavy atom. The smallest absolute Gasteiger partial charge is 0.232 e. The molecule has 0 aromatic rings. The summed E-state index contributed by atoms with van der Waals surface area (Å²) in [5.41, 5.74) is 0. The first-order chi connectivity index (χ1) is 7.31. The standard InChI is InChI=1S/C11H20N2OS/c1-2-3-15-8-11(14)13-6-9-4-12-5-10(9)7-13/h9-10,12H,2-8H2,1H3/t9-,10+. The summed E-state index contributed by atoms with van der Waals surface area (Å²) in [6.45, 7) is 6.35. The van der Waals surface area contributed by atoms with Crippen LogP contribution in [0.4, 0.5) is 0 Å². The lowest BCUT2D eigenvalue weighted by molar-refractivity contribution is -0.127. The third kappa shape index (κ3) is 2.67. The van der Waals surface area contributed by atoms with Gasteiger partial charge in [0, 0.05) is 26.2 Å². The van der Waals surface area contributed by atoms with Crippen molar-refractivity contribution < 1.29 is 4.79 Å². The van der Waals surface area contributed by atoms with Crippen molar-refractivity contribution in [1.82, 2.24) is 10.2 Å². The van der Waals surface area contributed by atoms with E-state index in [1.807, 2.05) is 0 Å². The molecule has 0 radical (unpaired) electrons. The maximum atomic E-state index is 11.8. The fourth-order valence-electron chi connectivity index (χ4n) is 2.45. The second kappa shape index (κ2) is 5.21. The minimum Gasteiger partial charge on any atom is -0.341 e. The van der Waals surface area contributed by atoms with E-state index < -0.39 is 0 Å². The minimum absolute atomic E-state index is 0.350. The van der Waals surface area contributed by atoms with E-state index in [2.05, 4.69) is 17.1 Å². The molecule has 3 nitrogen and oxygen atoms in total. The summed E-state index contributed by atoms with van der Waals surface area (Å²) in [4.78, 5) is 13.9. The zero-order chi connectivity index (χ0) is 10.7. The van der Waals surface area contributed by atoms with Crippen LogP contribution in [0.3, 0.4) is 0 Å². The Bertz CT molecular complexity index is 223. The first-order valence-electron chi connectivity index (χ1n) is 5.87. The number of carbonyl (C=O) groups is 1. The molecular weight excluding hydrogens is 208 g/mol. The molecule has 15 heavy (non-hydrogen) atoms. The lowest BCUT2D eigenvalue weighted by atomic mass is 10.0. The minimum atomic E-state index is 0.350. The predicted molar refractivity (Wildman–Crippen MR) is 64.0 cm³/mol. The van der Waals surface area contributed by atoms with E-state index in [9.17, 15) is 4.79 Å². The second-order valence-corrected chi connectivity index (χ2v) is 5.63. The Labute approximate surface area is 96.0 Å². The van der Waals surface area contributed by atoms with Gasteiger partial charge in [0.05, 0.1) is 5.75 Å². The van der Waals surface area contributed by atoms with Crippen molar-refractivity contribution >= 4 is 17.7 Å². The monoisotopic (exact) mass is 228 g/mol. The number of nitrogens with zero attached hydrogens (tertiary/aromatic N) is 1. The van der Waals surface area contributed by atoms with Crippen LogP contribution in [-0.4, -0.2) is 48.5 Å². The van der Waals surface area contributed by atoms with E-state index in [1.165, 1.54) is 0 Å². The van der Waals surface area contributed by atoms with E-state index in [1.54, 1.807) is 11.8 Å². The van der Waals surface area contributed by atoms with Crippen LogP contribution < -0.4 is 5.32 Å². The Balaban J connectivity index is 1.73. The second-order valence-electron chi connectivity index (χ2n) is 4.53. The van der Waals surface area contributed by atoms with Gasteiger partial charge in [0.15, 0.2) is 0 Å². The van der Waals surface area contributed by atoms with Gasteiger partial charge in [-0.1, -0.05) is 6.92 Å². The maximum absolute atomic E-state index is 11.8. The van der Waals surface area contributed by atoms with Gasteiger partial charge in [-0.2, -0.15) is 11.8 Å². The molecular formula is C11H20N2OS. The van der Waals surface area contributed by atoms with Gasteiger partial charge in [0.1, 0.15) is 0 Å². The highest BCUT2D eigenvalue weighted by Crippen LogP contribution is 2.26. The van der Waals surface area contributed by atoms with Crippen molar-refractivity contribution in [3.05, 3.63) is 0 Å². The van der Waals surface area contributed by atoms with Crippen molar-refractivity contribution in [3.8, 4) is 0 Å². The highest BCUT2D eigenvalue weighted by Gasteiger charge is 2.37. The van der Waals surface area contributed by atoms with E-state index >= 15 is 0 Å². The number of nitrogens with one attached hydrogen (secondary N) is 1. The van der Waals surface area contributed by atoms with Crippen molar-refractivity contribution in [2.45, 2.75) is 13.3 Å². The molecule has 0 aromatic carbocycles. The SMILES string of the molecule is CCCSCC(=O)N1C[C@H]2CNC[C@H]2C1. The van der Waals surface area contributed by atoms with Gasteiger partial charge < -0.3 is 10.2 Å². The summed E-state index contributed by atoms with van der Waals surface area (Å²) in [6.07, 6.45) is 1.16. The molecule has 4 heteroatoms. The molecule has 1 N–H and O–H groups in total. The molecule has 1 amide bonds. The van der Waals surface area contributed by atoms with Crippen LogP contribution in [-0.2, 0) is 4.79 Å². The van der Waals surface area contributed by atoms with Gasteiger partial charge in [-0.15, -0.1) is 0 Å². The first-order valence-corrected chi connectivity index (χ1v) is 7.03. The summed E-state index contributed by atoms with van der Waals surface area (Å²) < 4.78 is 0. The number of hydrogen-bond acceptors (Lipinski definition) is 3. The van der Waals surface area contributed by atoms with Crippen LogP contribution in [0.1, 0.15) is 13.3 Å². The molecule has 0 bridgehead atoms. The molecule has 0 unspecified atom stereocenters. The Kier molecular flexibility index (Phi) is 3.92. The molecule has 86 valence electrons. The number of fused-ring (bicyclic) bond motifs is 1. The quantitative estimate of drug-likeness (QED) is 0.723. The lowest BCUT2D eigenvalue weighted by Gasteiger charge is -2.17. The molecule has 2 aliphatic heterocycles. The van der Waals surface area contributed by atoms with Crippen LogP contribution in [0, 0.1) is 11.8 Å². The van der Waals surface area contributed by atoms with Gasteiger partial charge in [-0.25, -0.2) is 0 Å². The van der Waals surface area contributed by atoms with E-state index in [0.717, 1.165) is 50.2 Å². The number of amides is 1. The maximum Gasteiger partial charge on any atom is 0.232 e. The van der Waals surface area contributed by atoms with Gasteiger partial charge in [-0.05, 0) is 24.0 Å². The van der Waals surface area contributed by atoms with Crippen molar-refractivity contribution in [1.29, 1.82) is 0 Å². The van der Waals surface area contributed by atoms with Crippen LogP contribution >= 0.6 is 11.8 Å². The molecule has 2 aliphatic rings. The van der Waals surface area contributed by atoms with E-state index in [4.69, 9.17) is 0 Å². The molecule has 2 heterocycles.